The molecule has 3 rings (SSSR count). The smallest absolute Gasteiger partial charge is 0.239 e. The van der Waals surface area contributed by atoms with Gasteiger partial charge in [-0.3, -0.25) is 4.79 Å². The summed E-state index contributed by atoms with van der Waals surface area (Å²) in [5.74, 6) is -0.318. The molecule has 0 radical (unpaired) electrons. The number of ether oxygens (including phenoxy) is 2. The van der Waals surface area contributed by atoms with Gasteiger partial charge < -0.3 is 14.8 Å². The van der Waals surface area contributed by atoms with Crippen molar-refractivity contribution in [1.82, 2.24) is 0 Å². The van der Waals surface area contributed by atoms with Gasteiger partial charge in [-0.05, 0) is 29.8 Å². The van der Waals surface area contributed by atoms with Crippen LogP contribution in [0.4, 0.5) is 5.69 Å². The lowest BCUT2D eigenvalue weighted by molar-refractivity contribution is -0.113. The zero-order valence-corrected chi connectivity index (χ0v) is 14.8. The van der Waals surface area contributed by atoms with Gasteiger partial charge in [-0.1, -0.05) is 23.7 Å². The molecule has 1 heterocycles. The van der Waals surface area contributed by atoms with E-state index in [1.165, 1.54) is 0 Å². The lowest BCUT2D eigenvalue weighted by atomic mass is 10.2. The van der Waals surface area contributed by atoms with Crippen LogP contribution in [0.3, 0.4) is 0 Å². The minimum Gasteiger partial charge on any atom is -0.486 e. The predicted octanol–water partition coefficient (Wildman–Crippen LogP) is 2.66. The Balaban J connectivity index is 1.62. The Morgan fingerprint density at radius 1 is 1.04 bits per heavy atom. The fourth-order valence-electron chi connectivity index (χ4n) is 2.40. The van der Waals surface area contributed by atoms with E-state index in [2.05, 4.69) is 5.32 Å². The van der Waals surface area contributed by atoms with Crippen molar-refractivity contribution >= 4 is 33.0 Å². The SMILES string of the molecule is O=C(CS(=O)(=O)Cc1ccc(Cl)cc1)Nc1ccc2c(c1)OCCO2. The molecule has 2 aromatic carbocycles. The summed E-state index contributed by atoms with van der Waals surface area (Å²) in [6.45, 7) is 0.904. The summed E-state index contributed by atoms with van der Waals surface area (Å²) < 4.78 is 35.2. The Kier molecular flexibility index (Phi) is 5.15. The summed E-state index contributed by atoms with van der Waals surface area (Å²) in [6.07, 6.45) is 0. The van der Waals surface area contributed by atoms with Gasteiger partial charge in [-0.15, -0.1) is 0 Å². The summed E-state index contributed by atoms with van der Waals surface area (Å²) in [7, 11) is -3.60. The Morgan fingerprint density at radius 2 is 1.72 bits per heavy atom. The minimum absolute atomic E-state index is 0.223. The van der Waals surface area contributed by atoms with Crippen LogP contribution in [0.1, 0.15) is 5.56 Å². The number of rotatable bonds is 5. The van der Waals surface area contributed by atoms with Crippen LogP contribution in [-0.2, 0) is 20.4 Å². The molecule has 2 aromatic rings. The van der Waals surface area contributed by atoms with Gasteiger partial charge in [0.1, 0.15) is 19.0 Å². The second-order valence-electron chi connectivity index (χ2n) is 5.57. The molecular weight excluding hydrogens is 366 g/mol. The van der Waals surface area contributed by atoms with E-state index in [4.69, 9.17) is 21.1 Å². The normalized spacial score (nSPS) is 13.3. The molecule has 0 aliphatic carbocycles. The monoisotopic (exact) mass is 381 g/mol. The summed E-state index contributed by atoms with van der Waals surface area (Å²) in [5.41, 5.74) is 1.03. The summed E-state index contributed by atoms with van der Waals surface area (Å²) >= 11 is 5.78. The van der Waals surface area contributed by atoms with E-state index >= 15 is 0 Å². The number of carbonyl (C=O) groups excluding carboxylic acids is 1. The first kappa shape index (κ1) is 17.6. The van der Waals surface area contributed by atoms with Crippen molar-refractivity contribution in [2.24, 2.45) is 0 Å². The molecule has 1 aliphatic rings. The number of carbonyl (C=O) groups is 1. The molecule has 0 saturated heterocycles. The summed E-state index contributed by atoms with van der Waals surface area (Å²) in [6, 6.07) is 11.4. The quantitative estimate of drug-likeness (QED) is 0.861. The van der Waals surface area contributed by atoms with Gasteiger partial charge in [-0.25, -0.2) is 8.42 Å². The average Bonchev–Trinajstić information content (AvgIpc) is 2.56. The number of halogens is 1. The van der Waals surface area contributed by atoms with Gasteiger partial charge in [0.25, 0.3) is 0 Å². The molecule has 8 heteroatoms. The third-order valence-electron chi connectivity index (χ3n) is 3.48. The molecule has 6 nitrogen and oxygen atoms in total. The Hall–Kier alpha value is -2.25. The van der Waals surface area contributed by atoms with Crippen LogP contribution in [0.25, 0.3) is 0 Å². The number of hydrogen-bond donors (Lipinski definition) is 1. The number of benzene rings is 2. The second kappa shape index (κ2) is 7.33. The van der Waals surface area contributed by atoms with Crippen LogP contribution in [0.2, 0.25) is 5.02 Å². The largest absolute Gasteiger partial charge is 0.486 e. The van der Waals surface area contributed by atoms with Gasteiger partial charge in [0, 0.05) is 16.8 Å². The van der Waals surface area contributed by atoms with E-state index in [0.717, 1.165) is 0 Å². The first-order valence-electron chi connectivity index (χ1n) is 7.56. The molecule has 132 valence electrons. The highest BCUT2D eigenvalue weighted by Crippen LogP contribution is 2.32. The molecule has 0 bridgehead atoms. The van der Waals surface area contributed by atoms with Crippen LogP contribution in [0.15, 0.2) is 42.5 Å². The number of hydrogen-bond acceptors (Lipinski definition) is 5. The van der Waals surface area contributed by atoms with Crippen molar-refractivity contribution < 1.29 is 22.7 Å². The minimum atomic E-state index is -3.60. The fourth-order valence-corrected chi connectivity index (χ4v) is 3.80. The van der Waals surface area contributed by atoms with E-state index in [1.807, 2.05) is 0 Å². The zero-order valence-electron chi connectivity index (χ0n) is 13.2. The molecule has 0 saturated carbocycles. The summed E-state index contributed by atoms with van der Waals surface area (Å²) in [4.78, 5) is 12.1. The Morgan fingerprint density at radius 3 is 2.44 bits per heavy atom. The van der Waals surface area contributed by atoms with Gasteiger partial charge in [0.05, 0.1) is 5.75 Å². The molecular formula is C17H16ClNO5S. The van der Waals surface area contributed by atoms with Crippen molar-refractivity contribution in [3.05, 3.63) is 53.1 Å². The van der Waals surface area contributed by atoms with Gasteiger partial charge in [0.2, 0.25) is 5.91 Å². The van der Waals surface area contributed by atoms with Crippen molar-refractivity contribution in [3.8, 4) is 11.5 Å². The van der Waals surface area contributed by atoms with Crippen molar-refractivity contribution in [3.63, 3.8) is 0 Å². The lowest BCUT2D eigenvalue weighted by Crippen LogP contribution is -2.24. The van der Waals surface area contributed by atoms with E-state index < -0.39 is 21.5 Å². The molecule has 25 heavy (non-hydrogen) atoms. The van der Waals surface area contributed by atoms with Crippen molar-refractivity contribution in [2.45, 2.75) is 5.75 Å². The van der Waals surface area contributed by atoms with Crippen molar-refractivity contribution in [2.75, 3.05) is 24.3 Å². The second-order valence-corrected chi connectivity index (χ2v) is 8.07. The highest BCUT2D eigenvalue weighted by atomic mass is 35.5. The molecule has 0 unspecified atom stereocenters. The number of amides is 1. The predicted molar refractivity (Wildman–Crippen MR) is 95.0 cm³/mol. The Bertz CT molecular complexity index is 880. The van der Waals surface area contributed by atoms with Crippen molar-refractivity contribution in [1.29, 1.82) is 0 Å². The summed E-state index contributed by atoms with van der Waals surface area (Å²) in [5, 5.41) is 3.09. The maximum Gasteiger partial charge on any atom is 0.239 e. The molecule has 0 fully saturated rings. The van der Waals surface area contributed by atoms with Gasteiger partial charge >= 0.3 is 0 Å². The highest BCUT2D eigenvalue weighted by Gasteiger charge is 2.19. The number of fused-ring (bicyclic) bond motifs is 1. The third-order valence-corrected chi connectivity index (χ3v) is 5.20. The molecule has 0 spiro atoms. The van der Waals surface area contributed by atoms with Crippen LogP contribution < -0.4 is 14.8 Å². The molecule has 1 amide bonds. The van der Waals surface area contributed by atoms with Crippen LogP contribution >= 0.6 is 11.6 Å². The Labute approximate surface area is 150 Å². The van der Waals surface area contributed by atoms with Crippen LogP contribution in [0.5, 0.6) is 11.5 Å². The standard InChI is InChI=1S/C17H16ClNO5S/c18-13-3-1-12(2-4-13)10-25(21,22)11-17(20)19-14-5-6-15-16(9-14)24-8-7-23-15/h1-6,9H,7-8,10-11H2,(H,19,20). The van der Waals surface area contributed by atoms with E-state index in [-0.39, 0.29) is 5.75 Å². The molecule has 0 atom stereocenters. The zero-order chi connectivity index (χ0) is 17.9. The maximum absolute atomic E-state index is 12.2. The third kappa shape index (κ3) is 4.87. The highest BCUT2D eigenvalue weighted by molar-refractivity contribution is 7.91. The average molecular weight is 382 g/mol. The number of sulfone groups is 1. The maximum atomic E-state index is 12.2. The number of anilines is 1. The first-order valence-corrected chi connectivity index (χ1v) is 9.76. The van der Waals surface area contributed by atoms with Crippen LogP contribution in [0, 0.1) is 0 Å². The van der Waals surface area contributed by atoms with E-state index in [1.54, 1.807) is 42.5 Å². The van der Waals surface area contributed by atoms with E-state index in [0.29, 0.717) is 41.0 Å². The first-order chi connectivity index (χ1) is 11.9. The molecule has 1 N–H and O–H groups in total. The lowest BCUT2D eigenvalue weighted by Gasteiger charge is -2.19. The number of nitrogens with one attached hydrogen (secondary N) is 1. The van der Waals surface area contributed by atoms with E-state index in [9.17, 15) is 13.2 Å². The van der Waals surface area contributed by atoms with Gasteiger partial charge in [-0.2, -0.15) is 0 Å². The fraction of sp³-hybridized carbons (Fsp3) is 0.235. The molecule has 1 aliphatic heterocycles. The van der Waals surface area contributed by atoms with Crippen LogP contribution in [-0.4, -0.2) is 33.3 Å². The molecule has 0 aromatic heterocycles. The van der Waals surface area contributed by atoms with Gasteiger partial charge in [0.15, 0.2) is 21.3 Å². The topological polar surface area (TPSA) is 81.7 Å².